The highest BCUT2D eigenvalue weighted by Crippen LogP contribution is 2.41. The highest BCUT2D eigenvalue weighted by atomic mass is 32.2. The van der Waals surface area contributed by atoms with Gasteiger partial charge in [-0.15, -0.1) is 0 Å². The molecular formula is C19H28N2O4S. The van der Waals surface area contributed by atoms with Crippen molar-refractivity contribution in [3.05, 3.63) is 29.8 Å². The van der Waals surface area contributed by atoms with E-state index in [0.29, 0.717) is 38.3 Å². The van der Waals surface area contributed by atoms with Gasteiger partial charge in [-0.25, -0.2) is 13.1 Å². The molecule has 26 heavy (non-hydrogen) atoms. The second-order valence-electron chi connectivity index (χ2n) is 7.71. The number of nitrogens with zero attached hydrogens (tertiary/aromatic N) is 1. The van der Waals surface area contributed by atoms with E-state index in [2.05, 4.69) is 4.72 Å². The van der Waals surface area contributed by atoms with E-state index in [0.717, 1.165) is 17.7 Å². The van der Waals surface area contributed by atoms with E-state index in [-0.39, 0.29) is 11.4 Å². The van der Waals surface area contributed by atoms with Crippen LogP contribution in [0.15, 0.2) is 24.3 Å². The number of amides is 1. The molecule has 0 bridgehead atoms. The average molecular weight is 381 g/mol. The molecule has 6 nitrogen and oxygen atoms in total. The van der Waals surface area contributed by atoms with Gasteiger partial charge >= 0.3 is 0 Å². The number of hydrogen-bond donors (Lipinski definition) is 1. The Morgan fingerprint density at radius 1 is 1.31 bits per heavy atom. The van der Waals surface area contributed by atoms with Crippen LogP contribution in [0.5, 0.6) is 5.75 Å². The van der Waals surface area contributed by atoms with Crippen molar-refractivity contribution in [2.24, 2.45) is 5.92 Å². The molecule has 144 valence electrons. The Labute approximate surface area is 156 Å². The van der Waals surface area contributed by atoms with Crippen molar-refractivity contribution in [1.29, 1.82) is 0 Å². The number of likely N-dealkylation sites (tertiary alicyclic amines) is 1. The summed E-state index contributed by atoms with van der Waals surface area (Å²) in [5.41, 5.74) is 0.542. The Hall–Kier alpha value is -1.60. The molecular weight excluding hydrogens is 352 g/mol. The topological polar surface area (TPSA) is 75.7 Å². The zero-order valence-corrected chi connectivity index (χ0v) is 16.3. The van der Waals surface area contributed by atoms with Crippen molar-refractivity contribution in [3.8, 4) is 5.75 Å². The van der Waals surface area contributed by atoms with Crippen molar-refractivity contribution < 1.29 is 17.9 Å². The van der Waals surface area contributed by atoms with E-state index >= 15 is 0 Å². The van der Waals surface area contributed by atoms with Gasteiger partial charge < -0.3 is 9.64 Å². The summed E-state index contributed by atoms with van der Waals surface area (Å²) in [5, 5.41) is 0. The number of methoxy groups -OCH3 is 1. The lowest BCUT2D eigenvalue weighted by atomic mass is 9.83. The molecule has 7 heteroatoms. The molecule has 0 radical (unpaired) electrons. The number of nitrogens with one attached hydrogen (secondary N) is 1. The van der Waals surface area contributed by atoms with Gasteiger partial charge in [0, 0.05) is 18.6 Å². The minimum atomic E-state index is -3.26. The second-order valence-corrected chi connectivity index (χ2v) is 9.46. The Bertz CT molecular complexity index is 751. The molecule has 1 aliphatic heterocycles. The van der Waals surface area contributed by atoms with E-state index < -0.39 is 10.0 Å². The quantitative estimate of drug-likeness (QED) is 0.784. The van der Waals surface area contributed by atoms with Gasteiger partial charge in [-0.05, 0) is 42.9 Å². The molecule has 1 aliphatic carbocycles. The fourth-order valence-electron chi connectivity index (χ4n) is 3.87. The van der Waals surface area contributed by atoms with Crippen LogP contribution < -0.4 is 9.46 Å². The molecule has 1 saturated heterocycles. The normalized spacial score (nSPS) is 20.0. The number of sulfonamides is 1. The fraction of sp³-hybridized carbons (Fsp3) is 0.632. The first-order chi connectivity index (χ1) is 12.3. The van der Waals surface area contributed by atoms with Gasteiger partial charge in [0.25, 0.3) is 0 Å². The third kappa shape index (κ3) is 5.20. The molecule has 3 rings (SSSR count). The minimum absolute atomic E-state index is 0.0811. The zero-order valence-electron chi connectivity index (χ0n) is 15.5. The van der Waals surface area contributed by atoms with E-state index in [4.69, 9.17) is 4.74 Å². The summed E-state index contributed by atoms with van der Waals surface area (Å²) >= 11 is 0. The Kier molecular flexibility index (Phi) is 5.58. The van der Waals surface area contributed by atoms with Crippen LogP contribution in [0.4, 0.5) is 0 Å². The van der Waals surface area contributed by atoms with E-state index in [9.17, 15) is 13.2 Å². The largest absolute Gasteiger partial charge is 0.497 e. The molecule has 2 aliphatic rings. The molecule has 2 fully saturated rings. The van der Waals surface area contributed by atoms with E-state index in [1.165, 1.54) is 19.1 Å². The number of carbonyl (C=O) groups excluding carboxylic acids is 1. The molecule has 0 spiro atoms. The Morgan fingerprint density at radius 2 is 2.00 bits per heavy atom. The number of hydrogen-bond acceptors (Lipinski definition) is 4. The lowest BCUT2D eigenvalue weighted by Crippen LogP contribution is -2.56. The van der Waals surface area contributed by atoms with Gasteiger partial charge in [0.05, 0.1) is 19.8 Å². The number of carbonyl (C=O) groups is 1. The first-order valence-corrected chi connectivity index (χ1v) is 11.1. The summed E-state index contributed by atoms with van der Waals surface area (Å²) in [6.45, 7) is 1.19. The van der Waals surface area contributed by atoms with E-state index in [1.54, 1.807) is 7.11 Å². The lowest BCUT2D eigenvalue weighted by Gasteiger charge is -2.42. The van der Waals surface area contributed by atoms with Crippen molar-refractivity contribution in [2.75, 3.05) is 26.5 Å². The first-order valence-electron chi connectivity index (χ1n) is 9.18. The predicted molar refractivity (Wildman–Crippen MR) is 101 cm³/mol. The molecule has 1 amide bonds. The highest BCUT2D eigenvalue weighted by Gasteiger charge is 2.41. The minimum Gasteiger partial charge on any atom is -0.497 e. The third-order valence-corrected chi connectivity index (χ3v) is 6.14. The van der Waals surface area contributed by atoms with Gasteiger partial charge in [0.1, 0.15) is 5.75 Å². The summed E-state index contributed by atoms with van der Waals surface area (Å²) in [5.74, 6) is 1.45. The van der Waals surface area contributed by atoms with Crippen molar-refractivity contribution in [2.45, 2.75) is 44.1 Å². The second kappa shape index (κ2) is 7.56. The molecule has 1 heterocycles. The maximum Gasteiger partial charge on any atom is 0.226 e. The summed E-state index contributed by atoms with van der Waals surface area (Å²) in [7, 11) is -1.65. The average Bonchev–Trinajstić information content (AvgIpc) is 3.37. The molecule has 1 aromatic carbocycles. The monoisotopic (exact) mass is 380 g/mol. The molecule has 1 saturated carbocycles. The van der Waals surface area contributed by atoms with Gasteiger partial charge in [-0.3, -0.25) is 4.79 Å². The van der Waals surface area contributed by atoms with Crippen molar-refractivity contribution in [3.63, 3.8) is 0 Å². The maximum absolute atomic E-state index is 12.6. The number of piperidine rings is 1. The Morgan fingerprint density at radius 3 is 2.58 bits per heavy atom. The van der Waals surface area contributed by atoms with Gasteiger partial charge in [0.2, 0.25) is 15.9 Å². The third-order valence-electron chi connectivity index (χ3n) is 5.34. The van der Waals surface area contributed by atoms with Crippen LogP contribution >= 0.6 is 0 Å². The van der Waals surface area contributed by atoms with E-state index in [1.807, 2.05) is 29.2 Å². The lowest BCUT2D eigenvalue weighted by molar-refractivity contribution is -0.132. The van der Waals surface area contributed by atoms with Crippen LogP contribution in [0.25, 0.3) is 0 Å². The standard InChI is InChI=1S/C19H28N2O4S/c1-25-17-5-3-4-16(12-17)13-18(22)21-10-8-19(9-11-21,14-15-6-7-15)20-26(2,23)24/h3-5,12,15,20H,6-11,13-14H2,1-2H3. The van der Waals surface area contributed by atoms with Crippen molar-refractivity contribution >= 4 is 15.9 Å². The van der Waals surface area contributed by atoms with Crippen LogP contribution in [0.1, 0.15) is 37.7 Å². The molecule has 0 unspecified atom stereocenters. The number of rotatable bonds is 7. The van der Waals surface area contributed by atoms with Crippen LogP contribution in [0.3, 0.4) is 0 Å². The number of ether oxygens (including phenoxy) is 1. The first kappa shape index (κ1) is 19.2. The van der Waals surface area contributed by atoms with Gasteiger partial charge in [-0.1, -0.05) is 25.0 Å². The van der Waals surface area contributed by atoms with Crippen LogP contribution in [-0.4, -0.2) is 51.2 Å². The van der Waals surface area contributed by atoms with Crippen LogP contribution in [0, 0.1) is 5.92 Å². The number of benzene rings is 1. The predicted octanol–water partition coefficient (Wildman–Crippen LogP) is 1.95. The molecule has 0 aromatic heterocycles. The van der Waals surface area contributed by atoms with Gasteiger partial charge in [0.15, 0.2) is 0 Å². The van der Waals surface area contributed by atoms with Crippen LogP contribution in [-0.2, 0) is 21.2 Å². The van der Waals surface area contributed by atoms with Gasteiger partial charge in [-0.2, -0.15) is 0 Å². The molecule has 0 atom stereocenters. The summed E-state index contributed by atoms with van der Waals surface area (Å²) < 4.78 is 31.7. The summed E-state index contributed by atoms with van der Waals surface area (Å²) in [6, 6.07) is 7.55. The SMILES string of the molecule is COc1cccc(CC(=O)N2CCC(CC3CC3)(NS(C)(=O)=O)CC2)c1. The highest BCUT2D eigenvalue weighted by molar-refractivity contribution is 7.88. The molecule has 1 aromatic rings. The summed E-state index contributed by atoms with van der Waals surface area (Å²) in [4.78, 5) is 14.5. The Balaban J connectivity index is 1.61. The fourth-order valence-corrected chi connectivity index (χ4v) is 4.94. The zero-order chi connectivity index (χ0) is 18.8. The molecule has 1 N–H and O–H groups in total. The summed E-state index contributed by atoms with van der Waals surface area (Å²) in [6.07, 6.45) is 6.18. The smallest absolute Gasteiger partial charge is 0.226 e. The van der Waals surface area contributed by atoms with Crippen molar-refractivity contribution in [1.82, 2.24) is 9.62 Å². The maximum atomic E-state index is 12.6. The van der Waals surface area contributed by atoms with Crippen LogP contribution in [0.2, 0.25) is 0 Å².